The van der Waals surface area contributed by atoms with Gasteiger partial charge in [0, 0.05) is 22.2 Å². The van der Waals surface area contributed by atoms with Crippen LogP contribution in [-0.2, 0) is 12.8 Å². The fourth-order valence-electron chi connectivity index (χ4n) is 2.25. The SMILES string of the molecule is C#CCCC(N)c1cc2c(s1)CCCCC2. The Hall–Kier alpha value is -0.780. The van der Waals surface area contributed by atoms with Crippen LogP contribution in [0, 0.1) is 12.3 Å². The molecule has 1 aromatic heterocycles. The normalized spacial score (nSPS) is 17.2. The quantitative estimate of drug-likeness (QED) is 0.628. The van der Waals surface area contributed by atoms with E-state index in [1.54, 1.807) is 10.4 Å². The van der Waals surface area contributed by atoms with Gasteiger partial charge in [-0.3, -0.25) is 0 Å². The van der Waals surface area contributed by atoms with Crippen molar-refractivity contribution in [3.8, 4) is 12.3 Å². The Morgan fingerprint density at radius 3 is 3.00 bits per heavy atom. The van der Waals surface area contributed by atoms with Crippen LogP contribution in [-0.4, -0.2) is 0 Å². The number of thiophene rings is 1. The number of hydrogen-bond donors (Lipinski definition) is 1. The molecule has 1 heterocycles. The summed E-state index contributed by atoms with van der Waals surface area (Å²) >= 11 is 1.91. The summed E-state index contributed by atoms with van der Waals surface area (Å²) in [6.07, 6.45) is 13.5. The molecule has 1 nitrogen and oxygen atoms in total. The molecule has 1 atom stereocenters. The van der Waals surface area contributed by atoms with Crippen molar-refractivity contribution < 1.29 is 0 Å². The van der Waals surface area contributed by atoms with E-state index in [4.69, 9.17) is 12.2 Å². The van der Waals surface area contributed by atoms with Gasteiger partial charge in [-0.15, -0.1) is 23.7 Å². The van der Waals surface area contributed by atoms with Gasteiger partial charge in [0.25, 0.3) is 0 Å². The van der Waals surface area contributed by atoms with E-state index in [1.165, 1.54) is 37.0 Å². The van der Waals surface area contributed by atoms with Crippen LogP contribution in [0.15, 0.2) is 6.07 Å². The Kier molecular flexibility index (Phi) is 4.04. The van der Waals surface area contributed by atoms with E-state index < -0.39 is 0 Å². The Morgan fingerprint density at radius 2 is 2.19 bits per heavy atom. The highest BCUT2D eigenvalue weighted by molar-refractivity contribution is 7.12. The van der Waals surface area contributed by atoms with E-state index in [0.717, 1.165) is 12.8 Å². The largest absolute Gasteiger partial charge is 0.323 e. The Morgan fingerprint density at radius 1 is 1.38 bits per heavy atom. The molecule has 2 heteroatoms. The molecule has 0 aliphatic heterocycles. The summed E-state index contributed by atoms with van der Waals surface area (Å²) in [6.45, 7) is 0. The third kappa shape index (κ3) is 2.66. The molecular formula is C14H19NS. The molecule has 1 aliphatic rings. The van der Waals surface area contributed by atoms with Crippen LogP contribution in [0.2, 0.25) is 0 Å². The first-order valence-electron chi connectivity index (χ1n) is 6.12. The molecule has 0 radical (unpaired) electrons. The summed E-state index contributed by atoms with van der Waals surface area (Å²) in [5.41, 5.74) is 7.70. The molecule has 0 saturated heterocycles. The van der Waals surface area contributed by atoms with Crippen LogP contribution in [0.3, 0.4) is 0 Å². The van der Waals surface area contributed by atoms with E-state index in [-0.39, 0.29) is 6.04 Å². The summed E-state index contributed by atoms with van der Waals surface area (Å²) in [4.78, 5) is 2.91. The van der Waals surface area contributed by atoms with E-state index in [1.807, 2.05) is 11.3 Å². The molecule has 1 aliphatic carbocycles. The first-order valence-corrected chi connectivity index (χ1v) is 6.93. The lowest BCUT2D eigenvalue weighted by Crippen LogP contribution is -2.07. The first-order chi connectivity index (χ1) is 7.81. The minimum atomic E-state index is 0.146. The fourth-order valence-corrected chi connectivity index (χ4v) is 3.55. The van der Waals surface area contributed by atoms with Crippen LogP contribution in [0.5, 0.6) is 0 Å². The smallest absolute Gasteiger partial charge is 0.0399 e. The summed E-state index contributed by atoms with van der Waals surface area (Å²) in [6, 6.07) is 2.47. The van der Waals surface area contributed by atoms with Gasteiger partial charge in [0.05, 0.1) is 0 Å². The number of terminal acetylenes is 1. The van der Waals surface area contributed by atoms with Crippen LogP contribution in [0.1, 0.15) is 53.5 Å². The standard InChI is InChI=1S/C14H19NS/c1-2-3-8-12(15)14-10-11-7-5-4-6-9-13(11)16-14/h1,10,12H,3-9,15H2. The summed E-state index contributed by atoms with van der Waals surface area (Å²) < 4.78 is 0. The lowest BCUT2D eigenvalue weighted by molar-refractivity contribution is 0.677. The molecule has 0 spiro atoms. The Balaban J connectivity index is 2.09. The predicted molar refractivity (Wildman–Crippen MR) is 70.6 cm³/mol. The first kappa shape index (κ1) is 11.7. The van der Waals surface area contributed by atoms with Crippen LogP contribution >= 0.6 is 11.3 Å². The fraction of sp³-hybridized carbons (Fsp3) is 0.571. The predicted octanol–water partition coefficient (Wildman–Crippen LogP) is 3.43. The van der Waals surface area contributed by atoms with Crippen molar-refractivity contribution in [1.82, 2.24) is 0 Å². The van der Waals surface area contributed by atoms with Gasteiger partial charge in [-0.05, 0) is 43.7 Å². The zero-order chi connectivity index (χ0) is 11.4. The molecule has 0 saturated carbocycles. The minimum Gasteiger partial charge on any atom is -0.323 e. The third-order valence-corrected chi connectivity index (χ3v) is 4.60. The molecule has 1 unspecified atom stereocenters. The highest BCUT2D eigenvalue weighted by atomic mass is 32.1. The van der Waals surface area contributed by atoms with Gasteiger partial charge in [-0.1, -0.05) is 6.42 Å². The van der Waals surface area contributed by atoms with Gasteiger partial charge in [-0.25, -0.2) is 0 Å². The molecule has 0 fully saturated rings. The van der Waals surface area contributed by atoms with E-state index in [2.05, 4.69) is 12.0 Å². The molecule has 0 amide bonds. The maximum Gasteiger partial charge on any atom is 0.0399 e. The highest BCUT2D eigenvalue weighted by Gasteiger charge is 2.15. The zero-order valence-electron chi connectivity index (χ0n) is 9.67. The maximum atomic E-state index is 6.15. The molecule has 2 N–H and O–H groups in total. The second-order valence-corrected chi connectivity index (χ2v) is 5.68. The second-order valence-electron chi connectivity index (χ2n) is 4.51. The number of fused-ring (bicyclic) bond motifs is 1. The van der Waals surface area contributed by atoms with Gasteiger partial charge < -0.3 is 5.73 Å². The molecule has 0 bridgehead atoms. The minimum absolute atomic E-state index is 0.146. The number of aryl methyl sites for hydroxylation is 2. The van der Waals surface area contributed by atoms with Gasteiger partial charge in [0.2, 0.25) is 0 Å². The lowest BCUT2D eigenvalue weighted by Gasteiger charge is -2.06. The van der Waals surface area contributed by atoms with Crippen LogP contribution < -0.4 is 5.73 Å². The van der Waals surface area contributed by atoms with Crippen molar-refractivity contribution in [3.63, 3.8) is 0 Å². The number of nitrogens with two attached hydrogens (primary N) is 1. The van der Waals surface area contributed by atoms with Crippen molar-refractivity contribution >= 4 is 11.3 Å². The van der Waals surface area contributed by atoms with Crippen LogP contribution in [0.4, 0.5) is 0 Å². The van der Waals surface area contributed by atoms with E-state index in [0.29, 0.717) is 0 Å². The van der Waals surface area contributed by atoms with E-state index in [9.17, 15) is 0 Å². The number of rotatable bonds is 3. The molecule has 1 aromatic rings. The van der Waals surface area contributed by atoms with Gasteiger partial charge in [0.1, 0.15) is 0 Å². The zero-order valence-corrected chi connectivity index (χ0v) is 10.5. The Labute approximate surface area is 102 Å². The molecular weight excluding hydrogens is 214 g/mol. The topological polar surface area (TPSA) is 26.0 Å². The van der Waals surface area contributed by atoms with Gasteiger partial charge >= 0.3 is 0 Å². The highest BCUT2D eigenvalue weighted by Crippen LogP contribution is 2.32. The van der Waals surface area contributed by atoms with Crippen LogP contribution in [0.25, 0.3) is 0 Å². The van der Waals surface area contributed by atoms with Crippen molar-refractivity contribution in [2.75, 3.05) is 0 Å². The lowest BCUT2D eigenvalue weighted by atomic mass is 10.1. The van der Waals surface area contributed by atoms with Gasteiger partial charge in [-0.2, -0.15) is 0 Å². The summed E-state index contributed by atoms with van der Waals surface area (Å²) in [5.74, 6) is 2.66. The molecule has 16 heavy (non-hydrogen) atoms. The second kappa shape index (κ2) is 5.52. The third-order valence-electron chi connectivity index (χ3n) is 3.23. The Bertz CT molecular complexity index is 362. The van der Waals surface area contributed by atoms with Crippen molar-refractivity contribution in [1.29, 1.82) is 0 Å². The molecule has 0 aromatic carbocycles. The van der Waals surface area contributed by atoms with Crippen molar-refractivity contribution in [3.05, 3.63) is 21.4 Å². The monoisotopic (exact) mass is 233 g/mol. The summed E-state index contributed by atoms with van der Waals surface area (Å²) in [5, 5.41) is 0. The van der Waals surface area contributed by atoms with Crippen molar-refractivity contribution in [2.45, 2.75) is 51.0 Å². The average Bonchev–Trinajstić information content (AvgIpc) is 2.58. The molecule has 2 rings (SSSR count). The van der Waals surface area contributed by atoms with Crippen molar-refractivity contribution in [2.24, 2.45) is 5.73 Å². The molecule has 86 valence electrons. The maximum absolute atomic E-state index is 6.15. The average molecular weight is 233 g/mol. The summed E-state index contributed by atoms with van der Waals surface area (Å²) in [7, 11) is 0. The van der Waals surface area contributed by atoms with E-state index >= 15 is 0 Å². The van der Waals surface area contributed by atoms with Gasteiger partial charge in [0.15, 0.2) is 0 Å². The number of hydrogen-bond acceptors (Lipinski definition) is 2.